The van der Waals surface area contributed by atoms with E-state index >= 15 is 0 Å². The lowest BCUT2D eigenvalue weighted by Crippen LogP contribution is -2.28. The Bertz CT molecular complexity index is 1730. The van der Waals surface area contributed by atoms with Gasteiger partial charge in [-0.2, -0.15) is 13.2 Å². The van der Waals surface area contributed by atoms with Crippen molar-refractivity contribution in [3.63, 3.8) is 0 Å². The van der Waals surface area contributed by atoms with E-state index in [4.69, 9.17) is 0 Å². The zero-order valence-corrected chi connectivity index (χ0v) is 21.9. The molecule has 1 aliphatic carbocycles. The molecule has 1 saturated carbocycles. The number of aromatic carboxylic acids is 1. The Morgan fingerprint density at radius 2 is 1.98 bits per heavy atom. The first kappa shape index (κ1) is 27.3. The van der Waals surface area contributed by atoms with E-state index in [2.05, 4.69) is 20.6 Å². The third-order valence-corrected chi connectivity index (χ3v) is 7.64. The molecule has 4 aromatic rings. The molecule has 0 radical (unpaired) electrons. The van der Waals surface area contributed by atoms with Gasteiger partial charge in [0, 0.05) is 47.3 Å². The minimum absolute atomic E-state index is 0.00548. The molecule has 5 rings (SSSR count). The fourth-order valence-electron chi connectivity index (χ4n) is 4.44. The zero-order valence-electron chi connectivity index (χ0n) is 21.0. The molecule has 1 aliphatic rings. The second-order valence-corrected chi connectivity index (χ2v) is 10.3. The largest absolute Gasteiger partial charge is 0.477 e. The third kappa shape index (κ3) is 4.79. The van der Waals surface area contributed by atoms with Gasteiger partial charge in [-0.3, -0.25) is 10.1 Å². The summed E-state index contributed by atoms with van der Waals surface area (Å²) in [5.74, 6) is -1.38. The number of thiazole rings is 1. The van der Waals surface area contributed by atoms with Crippen LogP contribution in [-0.2, 0) is 11.7 Å². The molecule has 0 bridgehead atoms. The fraction of sp³-hybridized carbons (Fsp3) is 0.269. The molecule has 2 amide bonds. The molecule has 0 saturated heterocycles. The molecule has 1 fully saturated rings. The van der Waals surface area contributed by atoms with Crippen molar-refractivity contribution in [3.05, 3.63) is 63.5 Å². The number of urea groups is 1. The summed E-state index contributed by atoms with van der Waals surface area (Å²) in [4.78, 5) is 45.0. The van der Waals surface area contributed by atoms with Crippen molar-refractivity contribution in [1.29, 1.82) is 0 Å². The molecule has 4 N–H and O–H groups in total. The molecule has 0 spiro atoms. The average molecular weight is 574 g/mol. The average Bonchev–Trinajstić information content (AvgIpc) is 3.26. The van der Waals surface area contributed by atoms with Gasteiger partial charge >= 0.3 is 18.2 Å². The number of aromatic nitrogens is 3. The summed E-state index contributed by atoms with van der Waals surface area (Å²) in [6.45, 7) is 3.79. The van der Waals surface area contributed by atoms with Gasteiger partial charge < -0.3 is 20.1 Å². The third-order valence-electron chi connectivity index (χ3n) is 6.77. The normalized spacial score (nSPS) is 18.5. The molecule has 40 heavy (non-hydrogen) atoms. The Morgan fingerprint density at radius 1 is 1.25 bits per heavy atom. The van der Waals surface area contributed by atoms with Gasteiger partial charge in [0.25, 0.3) is 0 Å². The number of rotatable bonds is 6. The quantitative estimate of drug-likeness (QED) is 0.265. The summed E-state index contributed by atoms with van der Waals surface area (Å²) in [5.41, 5.74) is -1.87. The van der Waals surface area contributed by atoms with Crippen molar-refractivity contribution in [3.8, 4) is 21.7 Å². The first-order chi connectivity index (χ1) is 18.8. The van der Waals surface area contributed by atoms with Crippen LogP contribution in [0.25, 0.3) is 32.6 Å². The van der Waals surface area contributed by atoms with E-state index in [1.165, 1.54) is 24.5 Å². The molecule has 208 valence electrons. The number of carbonyl (C=O) groups excluding carboxylic acids is 1. The van der Waals surface area contributed by atoms with Gasteiger partial charge in [-0.25, -0.2) is 19.6 Å². The molecular formula is C26H22F3N5O5S. The van der Waals surface area contributed by atoms with Gasteiger partial charge in [0.15, 0.2) is 5.69 Å². The number of anilines is 1. The molecule has 0 aliphatic heterocycles. The maximum absolute atomic E-state index is 13.3. The van der Waals surface area contributed by atoms with E-state index in [-0.39, 0.29) is 21.8 Å². The lowest BCUT2D eigenvalue weighted by molar-refractivity contribution is -0.140. The van der Waals surface area contributed by atoms with Gasteiger partial charge in [-0.1, -0.05) is 6.07 Å². The number of fused-ring (bicyclic) bond motifs is 1. The van der Waals surface area contributed by atoms with Crippen molar-refractivity contribution in [2.24, 2.45) is 0 Å². The lowest BCUT2D eigenvalue weighted by Gasteiger charge is -2.20. The van der Waals surface area contributed by atoms with Gasteiger partial charge in [0.05, 0.1) is 17.2 Å². The molecular weight excluding hydrogens is 551 g/mol. The maximum Gasteiger partial charge on any atom is 0.434 e. The predicted octanol–water partition coefficient (Wildman–Crippen LogP) is 4.53. The van der Waals surface area contributed by atoms with E-state index in [9.17, 15) is 37.8 Å². The number of halogens is 3. The van der Waals surface area contributed by atoms with E-state index in [1.807, 2.05) is 0 Å². The lowest BCUT2D eigenvalue weighted by atomic mass is 9.99. The number of pyridine rings is 2. The number of hydrogen-bond donors (Lipinski definition) is 4. The van der Waals surface area contributed by atoms with E-state index in [0.717, 1.165) is 16.7 Å². The highest BCUT2D eigenvalue weighted by Gasteiger charge is 2.51. The predicted molar refractivity (Wildman–Crippen MR) is 141 cm³/mol. The maximum atomic E-state index is 13.3. The van der Waals surface area contributed by atoms with Crippen molar-refractivity contribution in [2.45, 2.75) is 38.1 Å². The molecule has 3 aromatic heterocycles. The highest BCUT2D eigenvalue weighted by atomic mass is 32.1. The van der Waals surface area contributed by atoms with E-state index in [1.54, 1.807) is 30.5 Å². The fourth-order valence-corrected chi connectivity index (χ4v) is 5.30. The van der Waals surface area contributed by atoms with Crippen LogP contribution >= 0.6 is 11.3 Å². The van der Waals surface area contributed by atoms with Crippen LogP contribution in [0.5, 0.6) is 0 Å². The first-order valence-electron chi connectivity index (χ1n) is 12.0. The molecule has 14 heteroatoms. The summed E-state index contributed by atoms with van der Waals surface area (Å²) in [7, 11) is 0. The summed E-state index contributed by atoms with van der Waals surface area (Å²) in [5, 5.41) is 25.8. The number of carboxylic acids is 1. The van der Waals surface area contributed by atoms with Gasteiger partial charge in [-0.05, 0) is 37.6 Å². The Labute approximate surface area is 228 Å². The summed E-state index contributed by atoms with van der Waals surface area (Å²) >= 11 is 0.745. The number of carboxylic acid groups (broad SMARTS) is 1. The Balaban J connectivity index is 1.71. The minimum atomic E-state index is -4.67. The first-order valence-corrected chi connectivity index (χ1v) is 12.9. The minimum Gasteiger partial charge on any atom is -0.477 e. The van der Waals surface area contributed by atoms with Crippen molar-refractivity contribution >= 4 is 40.1 Å². The second-order valence-electron chi connectivity index (χ2n) is 9.49. The molecule has 10 nitrogen and oxygen atoms in total. The summed E-state index contributed by atoms with van der Waals surface area (Å²) in [6.07, 6.45) is -2.49. The number of aliphatic hydroxyl groups is 1. The smallest absolute Gasteiger partial charge is 0.434 e. The van der Waals surface area contributed by atoms with Gasteiger partial charge in [0.2, 0.25) is 5.43 Å². The number of aliphatic hydroxyl groups excluding tert-OH is 1. The monoisotopic (exact) mass is 573 g/mol. The van der Waals surface area contributed by atoms with Crippen molar-refractivity contribution in [2.75, 3.05) is 11.9 Å². The highest BCUT2D eigenvalue weighted by molar-refractivity contribution is 7.13. The van der Waals surface area contributed by atoms with Crippen LogP contribution in [0.4, 0.5) is 23.8 Å². The standard InChI is InChI=1S/C26H22F3N5O5S/c1-3-30-24(39)33-20-7-13(22-32-18(11-40-22)26(27,28)29)15(9-31-20)12-4-5-17-14(6-12)21(36)16(23(37)38)10-34(17)25(2)8-19(25)35/h4-7,9-11,19,35H,3,8H2,1-2H3,(H,37,38)(H2,30,31,33,39)/t19-,25?/m1/s1. The molecule has 3 heterocycles. The molecule has 1 unspecified atom stereocenters. The van der Waals surface area contributed by atoms with Crippen LogP contribution in [0.2, 0.25) is 0 Å². The van der Waals surface area contributed by atoms with Crippen molar-refractivity contribution < 1.29 is 33.0 Å². The Hall–Kier alpha value is -4.30. The number of amides is 2. The van der Waals surface area contributed by atoms with Crippen LogP contribution in [0.3, 0.4) is 0 Å². The number of nitrogens with one attached hydrogen (secondary N) is 2. The van der Waals surface area contributed by atoms with Crippen LogP contribution < -0.4 is 16.1 Å². The highest BCUT2D eigenvalue weighted by Crippen LogP contribution is 2.45. The van der Waals surface area contributed by atoms with E-state index in [0.29, 0.717) is 29.6 Å². The summed E-state index contributed by atoms with van der Waals surface area (Å²) < 4.78 is 41.6. The van der Waals surface area contributed by atoms with Crippen LogP contribution in [0.15, 0.2) is 46.8 Å². The molecule has 1 aromatic carbocycles. The van der Waals surface area contributed by atoms with Crippen LogP contribution in [0.1, 0.15) is 36.3 Å². The SMILES string of the molecule is CCNC(=O)Nc1cc(-c2nc(C(F)(F)F)cs2)c(-c2ccc3c(c2)c(=O)c(C(=O)O)cn3C2(C)C[C@H]2O)cn1. The van der Waals surface area contributed by atoms with Crippen LogP contribution in [0, 0.1) is 0 Å². The topological polar surface area (TPSA) is 146 Å². The number of hydrogen-bond acceptors (Lipinski definition) is 7. The van der Waals surface area contributed by atoms with Gasteiger partial charge in [0.1, 0.15) is 16.4 Å². The van der Waals surface area contributed by atoms with Crippen molar-refractivity contribution in [1.82, 2.24) is 19.9 Å². The van der Waals surface area contributed by atoms with Gasteiger partial charge in [-0.15, -0.1) is 11.3 Å². The van der Waals surface area contributed by atoms with E-state index < -0.39 is 46.5 Å². The zero-order chi connectivity index (χ0) is 29.0. The summed E-state index contributed by atoms with van der Waals surface area (Å²) in [6, 6.07) is 5.45. The Morgan fingerprint density at radius 3 is 2.58 bits per heavy atom. The number of alkyl halides is 3. The number of nitrogens with zero attached hydrogens (tertiary/aromatic N) is 3. The number of carbonyl (C=O) groups is 2. The van der Waals surface area contributed by atoms with Crippen LogP contribution in [-0.4, -0.2) is 49.4 Å². The molecule has 2 atom stereocenters. The second kappa shape index (κ2) is 9.71. The number of benzene rings is 1. The Kier molecular flexibility index (Phi) is 6.62.